The standard InChI is InChI=1S/C21H24N4O4S2/c1-29-16-8-9-19-17(12-16)23-21(30-19)24(14-15-6-5-10-22-13-15)20(26)18-7-3-4-11-25(18)31(2,27)28/h5-6,8-10,12-13,18H,3-4,7,11,14H2,1-2H3. The Morgan fingerprint density at radius 3 is 2.87 bits per heavy atom. The molecule has 1 aliphatic rings. The van der Waals surface area contributed by atoms with Gasteiger partial charge in [-0.1, -0.05) is 23.8 Å². The summed E-state index contributed by atoms with van der Waals surface area (Å²) < 4.78 is 32.2. The first-order valence-corrected chi connectivity index (χ1v) is 12.6. The van der Waals surface area contributed by atoms with E-state index in [1.165, 1.54) is 15.6 Å². The van der Waals surface area contributed by atoms with Gasteiger partial charge in [0.05, 0.1) is 30.1 Å². The summed E-state index contributed by atoms with van der Waals surface area (Å²) >= 11 is 1.39. The van der Waals surface area contributed by atoms with E-state index in [1.807, 2.05) is 30.3 Å². The quantitative estimate of drug-likeness (QED) is 0.561. The van der Waals surface area contributed by atoms with Crippen molar-refractivity contribution in [2.24, 2.45) is 0 Å². The average Bonchev–Trinajstić information content (AvgIpc) is 3.20. The van der Waals surface area contributed by atoms with Gasteiger partial charge in [0, 0.05) is 25.0 Å². The van der Waals surface area contributed by atoms with Gasteiger partial charge in [0.2, 0.25) is 15.9 Å². The van der Waals surface area contributed by atoms with E-state index >= 15 is 0 Å². The molecular formula is C21H24N4O4S2. The number of anilines is 1. The Bertz CT molecular complexity index is 1180. The third kappa shape index (κ3) is 4.70. The minimum Gasteiger partial charge on any atom is -0.497 e. The van der Waals surface area contributed by atoms with Crippen LogP contribution in [0.4, 0.5) is 5.13 Å². The lowest BCUT2D eigenvalue weighted by molar-refractivity contribution is -0.123. The van der Waals surface area contributed by atoms with E-state index in [1.54, 1.807) is 24.4 Å². The first kappa shape index (κ1) is 21.7. The van der Waals surface area contributed by atoms with Crippen molar-refractivity contribution in [1.29, 1.82) is 0 Å². The van der Waals surface area contributed by atoms with Gasteiger partial charge in [-0.3, -0.25) is 14.7 Å². The molecule has 0 aliphatic carbocycles. The summed E-state index contributed by atoms with van der Waals surface area (Å²) in [5.41, 5.74) is 1.57. The van der Waals surface area contributed by atoms with Crippen molar-refractivity contribution >= 4 is 42.6 Å². The van der Waals surface area contributed by atoms with Crippen molar-refractivity contribution < 1.29 is 17.9 Å². The second-order valence-corrected chi connectivity index (χ2v) is 10.4. The van der Waals surface area contributed by atoms with Gasteiger partial charge < -0.3 is 4.74 Å². The molecule has 0 bridgehead atoms. The normalized spacial score (nSPS) is 17.5. The van der Waals surface area contributed by atoms with Crippen LogP contribution in [0.1, 0.15) is 24.8 Å². The number of carbonyl (C=O) groups is 1. The molecule has 4 rings (SSSR count). The molecule has 1 saturated heterocycles. The van der Waals surface area contributed by atoms with Gasteiger partial charge >= 0.3 is 0 Å². The minimum atomic E-state index is -3.50. The van der Waals surface area contributed by atoms with Crippen molar-refractivity contribution in [2.75, 3.05) is 24.8 Å². The number of hydrogen-bond acceptors (Lipinski definition) is 7. The summed E-state index contributed by atoms with van der Waals surface area (Å²) in [5.74, 6) is 0.421. The van der Waals surface area contributed by atoms with Crippen molar-refractivity contribution in [3.8, 4) is 5.75 Å². The molecule has 1 unspecified atom stereocenters. The van der Waals surface area contributed by atoms with Gasteiger partial charge in [-0.05, 0) is 36.6 Å². The Hall–Kier alpha value is -2.56. The van der Waals surface area contributed by atoms with E-state index < -0.39 is 16.1 Å². The number of sulfonamides is 1. The maximum absolute atomic E-state index is 13.7. The molecular weight excluding hydrogens is 436 g/mol. The van der Waals surface area contributed by atoms with Crippen LogP contribution in [0.2, 0.25) is 0 Å². The molecule has 2 aromatic heterocycles. The predicted molar refractivity (Wildman–Crippen MR) is 121 cm³/mol. The number of carbonyl (C=O) groups excluding carboxylic acids is 1. The Morgan fingerprint density at radius 1 is 1.32 bits per heavy atom. The lowest BCUT2D eigenvalue weighted by Crippen LogP contribution is -2.52. The van der Waals surface area contributed by atoms with Crippen LogP contribution in [0.15, 0.2) is 42.7 Å². The minimum absolute atomic E-state index is 0.262. The molecule has 0 N–H and O–H groups in total. The third-order valence-electron chi connectivity index (χ3n) is 5.31. The van der Waals surface area contributed by atoms with Gasteiger partial charge in [-0.25, -0.2) is 13.4 Å². The number of fused-ring (bicyclic) bond motifs is 1. The number of amides is 1. The molecule has 1 aromatic carbocycles. The number of hydrogen-bond donors (Lipinski definition) is 0. The van der Waals surface area contributed by atoms with Gasteiger partial charge in [0.15, 0.2) is 5.13 Å². The monoisotopic (exact) mass is 460 g/mol. The fourth-order valence-corrected chi connectivity index (χ4v) is 5.85. The lowest BCUT2D eigenvalue weighted by Gasteiger charge is -2.35. The predicted octanol–water partition coefficient (Wildman–Crippen LogP) is 3.05. The van der Waals surface area contributed by atoms with E-state index in [9.17, 15) is 13.2 Å². The molecule has 1 aliphatic heterocycles. The molecule has 0 radical (unpaired) electrons. The molecule has 3 heterocycles. The average molecular weight is 461 g/mol. The van der Waals surface area contributed by atoms with Gasteiger partial charge in [0.1, 0.15) is 11.8 Å². The highest BCUT2D eigenvalue weighted by Crippen LogP contribution is 2.33. The number of thiazole rings is 1. The summed E-state index contributed by atoms with van der Waals surface area (Å²) in [6.07, 6.45) is 6.58. The SMILES string of the molecule is COc1ccc2sc(N(Cc3cccnc3)C(=O)C3CCCCN3S(C)(=O)=O)nc2c1. The number of piperidine rings is 1. The van der Waals surface area contributed by atoms with E-state index in [4.69, 9.17) is 4.74 Å². The Kier molecular flexibility index (Phi) is 6.22. The van der Waals surface area contributed by atoms with Gasteiger partial charge in [0.25, 0.3) is 0 Å². The first-order valence-electron chi connectivity index (χ1n) is 9.98. The Balaban J connectivity index is 1.74. The van der Waals surface area contributed by atoms with Crippen LogP contribution in [0.3, 0.4) is 0 Å². The smallest absolute Gasteiger partial charge is 0.247 e. The van der Waals surface area contributed by atoms with E-state index in [0.717, 1.165) is 34.9 Å². The third-order valence-corrected chi connectivity index (χ3v) is 7.66. The number of rotatable bonds is 6. The first-order chi connectivity index (χ1) is 14.9. The Labute approximate surface area is 185 Å². The summed E-state index contributed by atoms with van der Waals surface area (Å²) in [4.78, 5) is 24.1. The van der Waals surface area contributed by atoms with E-state index in [-0.39, 0.29) is 12.5 Å². The van der Waals surface area contributed by atoms with Crippen LogP contribution in [-0.4, -0.2) is 54.6 Å². The number of aromatic nitrogens is 2. The van der Waals surface area contributed by atoms with E-state index in [2.05, 4.69) is 9.97 Å². The maximum atomic E-state index is 13.7. The zero-order valence-electron chi connectivity index (χ0n) is 17.4. The molecule has 1 atom stereocenters. The second-order valence-electron chi connectivity index (χ2n) is 7.50. The number of benzene rings is 1. The number of ether oxygens (including phenoxy) is 1. The van der Waals surface area contributed by atoms with Crippen molar-refractivity contribution in [3.63, 3.8) is 0 Å². The van der Waals surface area contributed by atoms with Crippen molar-refractivity contribution in [2.45, 2.75) is 31.8 Å². The largest absolute Gasteiger partial charge is 0.497 e. The fraction of sp³-hybridized carbons (Fsp3) is 0.381. The summed E-state index contributed by atoms with van der Waals surface area (Å²) in [6, 6.07) is 8.55. The van der Waals surface area contributed by atoms with Crippen LogP contribution in [0, 0.1) is 0 Å². The number of nitrogens with zero attached hydrogens (tertiary/aromatic N) is 4. The van der Waals surface area contributed by atoms with Crippen molar-refractivity contribution in [1.82, 2.24) is 14.3 Å². The topological polar surface area (TPSA) is 92.7 Å². The highest BCUT2D eigenvalue weighted by Gasteiger charge is 2.38. The van der Waals surface area contributed by atoms with Crippen LogP contribution in [-0.2, 0) is 21.4 Å². The molecule has 31 heavy (non-hydrogen) atoms. The van der Waals surface area contributed by atoms with Crippen LogP contribution < -0.4 is 9.64 Å². The molecule has 1 amide bonds. The molecule has 8 nitrogen and oxygen atoms in total. The zero-order valence-corrected chi connectivity index (χ0v) is 19.0. The molecule has 164 valence electrons. The summed E-state index contributed by atoms with van der Waals surface area (Å²) in [6.45, 7) is 0.616. The highest BCUT2D eigenvalue weighted by molar-refractivity contribution is 7.88. The number of pyridine rings is 1. The van der Waals surface area contributed by atoms with Crippen LogP contribution >= 0.6 is 11.3 Å². The van der Waals surface area contributed by atoms with Gasteiger partial charge in [-0.2, -0.15) is 4.31 Å². The van der Waals surface area contributed by atoms with Crippen LogP contribution in [0.5, 0.6) is 5.75 Å². The highest BCUT2D eigenvalue weighted by atomic mass is 32.2. The second kappa shape index (κ2) is 8.89. The van der Waals surface area contributed by atoms with Crippen LogP contribution in [0.25, 0.3) is 10.2 Å². The molecule has 3 aromatic rings. The fourth-order valence-electron chi connectivity index (χ4n) is 3.78. The van der Waals surface area contributed by atoms with E-state index in [0.29, 0.717) is 23.8 Å². The summed E-state index contributed by atoms with van der Waals surface area (Å²) in [7, 11) is -1.91. The number of methoxy groups -OCH3 is 1. The lowest BCUT2D eigenvalue weighted by atomic mass is 10.0. The Morgan fingerprint density at radius 2 is 2.16 bits per heavy atom. The van der Waals surface area contributed by atoms with Crippen molar-refractivity contribution in [3.05, 3.63) is 48.3 Å². The molecule has 0 saturated carbocycles. The molecule has 10 heteroatoms. The van der Waals surface area contributed by atoms with Gasteiger partial charge in [-0.15, -0.1) is 0 Å². The molecule has 1 fully saturated rings. The zero-order chi connectivity index (χ0) is 22.0. The molecule has 0 spiro atoms. The summed E-state index contributed by atoms with van der Waals surface area (Å²) in [5, 5.41) is 0.524. The maximum Gasteiger partial charge on any atom is 0.247 e.